The minimum atomic E-state index is -4.10. The van der Waals surface area contributed by atoms with E-state index in [-0.39, 0.29) is 23.4 Å². The van der Waals surface area contributed by atoms with Crippen molar-refractivity contribution in [1.82, 2.24) is 10.2 Å². The monoisotopic (exact) mass is 591 g/mol. The standard InChI is InChI=1S/C33H41N3O5S/c1-3-41-30-21-19-29(20-22-30)36(42(39,40)31-17-11-6-12-18-31)25-32(37)35(24-23-27-13-7-4-8-14-27)26(2)33(38)34-28-15-9-5-10-16-28/h4,6-8,11-14,17-22,26,28H,3,5,9-10,15-16,23-25H2,1-2H3,(H,34,38). The van der Waals surface area contributed by atoms with E-state index < -0.39 is 28.5 Å². The highest BCUT2D eigenvalue weighted by molar-refractivity contribution is 7.92. The van der Waals surface area contributed by atoms with Crippen LogP contribution in [-0.2, 0) is 26.0 Å². The van der Waals surface area contributed by atoms with Gasteiger partial charge in [-0.05, 0) is 75.1 Å². The van der Waals surface area contributed by atoms with Crippen molar-refractivity contribution in [2.75, 3.05) is 24.0 Å². The van der Waals surface area contributed by atoms with E-state index in [1.165, 1.54) is 23.5 Å². The quantitative estimate of drug-likeness (QED) is 0.295. The minimum Gasteiger partial charge on any atom is -0.494 e. The molecular weight excluding hydrogens is 550 g/mol. The summed E-state index contributed by atoms with van der Waals surface area (Å²) < 4.78 is 34.4. The van der Waals surface area contributed by atoms with Crippen molar-refractivity contribution >= 4 is 27.5 Å². The van der Waals surface area contributed by atoms with Gasteiger partial charge in [0.05, 0.1) is 17.2 Å². The van der Waals surface area contributed by atoms with Gasteiger partial charge in [0.2, 0.25) is 11.8 Å². The average molecular weight is 592 g/mol. The third kappa shape index (κ3) is 8.12. The molecule has 0 spiro atoms. The number of sulfonamides is 1. The van der Waals surface area contributed by atoms with Crippen LogP contribution in [0.2, 0.25) is 0 Å². The van der Waals surface area contributed by atoms with Gasteiger partial charge >= 0.3 is 0 Å². The van der Waals surface area contributed by atoms with Crippen molar-refractivity contribution in [2.45, 2.75) is 69.4 Å². The summed E-state index contributed by atoms with van der Waals surface area (Å²) in [5.41, 5.74) is 1.36. The van der Waals surface area contributed by atoms with Gasteiger partial charge in [-0.2, -0.15) is 0 Å². The molecule has 0 radical (unpaired) electrons. The Hall–Kier alpha value is -3.85. The lowest BCUT2D eigenvalue weighted by Gasteiger charge is -2.33. The number of nitrogens with zero attached hydrogens (tertiary/aromatic N) is 2. The second-order valence-corrected chi connectivity index (χ2v) is 12.5. The van der Waals surface area contributed by atoms with Crippen molar-refractivity contribution in [3.05, 3.63) is 90.5 Å². The first-order valence-electron chi connectivity index (χ1n) is 14.7. The molecule has 4 rings (SSSR count). The van der Waals surface area contributed by atoms with Gasteiger partial charge in [0.1, 0.15) is 18.3 Å². The van der Waals surface area contributed by atoms with E-state index in [1.807, 2.05) is 37.3 Å². The predicted octanol–water partition coefficient (Wildman–Crippen LogP) is 5.19. The molecule has 0 aromatic heterocycles. The molecule has 1 aliphatic rings. The normalized spacial score (nSPS) is 14.5. The second-order valence-electron chi connectivity index (χ2n) is 10.6. The van der Waals surface area contributed by atoms with Crippen LogP contribution in [0, 0.1) is 0 Å². The maximum absolute atomic E-state index is 14.0. The lowest BCUT2D eigenvalue weighted by atomic mass is 9.95. The zero-order valence-electron chi connectivity index (χ0n) is 24.4. The zero-order valence-corrected chi connectivity index (χ0v) is 25.3. The van der Waals surface area contributed by atoms with Crippen molar-refractivity contribution < 1.29 is 22.7 Å². The number of hydrogen-bond acceptors (Lipinski definition) is 5. The summed E-state index contributed by atoms with van der Waals surface area (Å²) >= 11 is 0. The van der Waals surface area contributed by atoms with E-state index in [9.17, 15) is 18.0 Å². The van der Waals surface area contributed by atoms with Gasteiger partial charge in [0, 0.05) is 12.6 Å². The number of amides is 2. The van der Waals surface area contributed by atoms with Crippen molar-refractivity contribution in [2.24, 2.45) is 0 Å². The number of carbonyl (C=O) groups excluding carboxylic acids is 2. The molecule has 1 N–H and O–H groups in total. The third-order valence-electron chi connectivity index (χ3n) is 7.65. The molecule has 0 bridgehead atoms. The van der Waals surface area contributed by atoms with Gasteiger partial charge in [-0.3, -0.25) is 13.9 Å². The van der Waals surface area contributed by atoms with E-state index in [0.717, 1.165) is 35.6 Å². The number of rotatable bonds is 13. The minimum absolute atomic E-state index is 0.0746. The van der Waals surface area contributed by atoms with Crippen molar-refractivity contribution in [3.63, 3.8) is 0 Å². The fraction of sp³-hybridized carbons (Fsp3) is 0.394. The molecule has 1 saturated carbocycles. The molecule has 9 heteroatoms. The summed E-state index contributed by atoms with van der Waals surface area (Å²) in [6, 6.07) is 23.7. The number of anilines is 1. The van der Waals surface area contributed by atoms with Crippen LogP contribution in [0.25, 0.3) is 0 Å². The molecule has 1 fully saturated rings. The Morgan fingerprint density at radius 1 is 0.905 bits per heavy atom. The van der Waals surface area contributed by atoms with Gasteiger partial charge in [0.25, 0.3) is 10.0 Å². The summed E-state index contributed by atoms with van der Waals surface area (Å²) in [7, 11) is -4.10. The van der Waals surface area contributed by atoms with Gasteiger partial charge in [-0.1, -0.05) is 67.8 Å². The molecule has 3 aromatic rings. The summed E-state index contributed by atoms with van der Waals surface area (Å²) in [6.07, 6.45) is 5.70. The van der Waals surface area contributed by atoms with Gasteiger partial charge < -0.3 is 15.0 Å². The Labute approximate surface area is 249 Å². The largest absolute Gasteiger partial charge is 0.494 e. The molecule has 1 unspecified atom stereocenters. The highest BCUT2D eigenvalue weighted by Crippen LogP contribution is 2.26. The van der Waals surface area contributed by atoms with Crippen LogP contribution >= 0.6 is 0 Å². The molecule has 8 nitrogen and oxygen atoms in total. The Bertz CT molecular complexity index is 1390. The SMILES string of the molecule is CCOc1ccc(N(CC(=O)N(CCc2ccccc2)C(C)C(=O)NC2CCCCC2)S(=O)(=O)c2ccccc2)cc1. The molecule has 42 heavy (non-hydrogen) atoms. The van der Waals surface area contributed by atoms with Crippen molar-refractivity contribution in [1.29, 1.82) is 0 Å². The van der Waals surface area contributed by atoms with Crippen molar-refractivity contribution in [3.8, 4) is 5.75 Å². The van der Waals surface area contributed by atoms with Crippen LogP contribution < -0.4 is 14.4 Å². The van der Waals surface area contributed by atoms with E-state index in [4.69, 9.17) is 4.74 Å². The molecular formula is C33H41N3O5S. The first-order valence-corrected chi connectivity index (χ1v) is 16.2. The molecule has 1 atom stereocenters. The first kappa shape index (κ1) is 31.1. The molecule has 2 amide bonds. The zero-order chi connectivity index (χ0) is 30.0. The molecule has 0 saturated heterocycles. The Morgan fingerprint density at radius 2 is 1.52 bits per heavy atom. The van der Waals surface area contributed by atoms with Crippen LogP contribution in [0.3, 0.4) is 0 Å². The third-order valence-corrected chi connectivity index (χ3v) is 9.44. The number of hydrogen-bond donors (Lipinski definition) is 1. The Kier molecular flexibility index (Phi) is 11.0. The van der Waals surface area contributed by atoms with Crippen LogP contribution in [0.1, 0.15) is 51.5 Å². The van der Waals surface area contributed by atoms with Gasteiger partial charge in [0.15, 0.2) is 0 Å². The smallest absolute Gasteiger partial charge is 0.264 e. The lowest BCUT2D eigenvalue weighted by Crippen LogP contribution is -2.53. The maximum Gasteiger partial charge on any atom is 0.264 e. The molecule has 0 aliphatic heterocycles. The molecule has 0 heterocycles. The van der Waals surface area contributed by atoms with Gasteiger partial charge in [-0.25, -0.2) is 8.42 Å². The Balaban J connectivity index is 1.63. The van der Waals surface area contributed by atoms with E-state index >= 15 is 0 Å². The van der Waals surface area contributed by atoms with Crippen LogP contribution in [-0.4, -0.2) is 56.9 Å². The number of ether oxygens (including phenoxy) is 1. The summed E-state index contributed by atoms with van der Waals surface area (Å²) in [5.74, 6) is -0.0745. The number of nitrogens with one attached hydrogen (secondary N) is 1. The fourth-order valence-corrected chi connectivity index (χ4v) is 6.70. The van der Waals surface area contributed by atoms with Crippen LogP contribution in [0.4, 0.5) is 5.69 Å². The molecule has 3 aromatic carbocycles. The highest BCUT2D eigenvalue weighted by Gasteiger charge is 2.33. The summed E-state index contributed by atoms with van der Waals surface area (Å²) in [6.45, 7) is 3.87. The lowest BCUT2D eigenvalue weighted by molar-refractivity contribution is -0.139. The number of carbonyl (C=O) groups is 2. The second kappa shape index (κ2) is 14.9. The predicted molar refractivity (Wildman–Crippen MR) is 165 cm³/mol. The van der Waals surface area contributed by atoms with Gasteiger partial charge in [-0.15, -0.1) is 0 Å². The average Bonchev–Trinajstić information content (AvgIpc) is 3.02. The number of benzene rings is 3. The topological polar surface area (TPSA) is 96.0 Å². The van der Waals surface area contributed by atoms with E-state index in [1.54, 1.807) is 49.4 Å². The van der Waals surface area contributed by atoms with E-state index in [2.05, 4.69) is 5.32 Å². The van der Waals surface area contributed by atoms with E-state index in [0.29, 0.717) is 24.5 Å². The van der Waals surface area contributed by atoms with Crippen LogP contribution in [0.15, 0.2) is 89.8 Å². The summed E-state index contributed by atoms with van der Waals surface area (Å²) in [5, 5.41) is 3.13. The van der Waals surface area contributed by atoms with Crippen LogP contribution in [0.5, 0.6) is 5.75 Å². The molecule has 224 valence electrons. The highest BCUT2D eigenvalue weighted by atomic mass is 32.2. The summed E-state index contributed by atoms with van der Waals surface area (Å²) in [4.78, 5) is 29.0. The fourth-order valence-electron chi connectivity index (χ4n) is 5.26. The molecule has 1 aliphatic carbocycles. The first-order chi connectivity index (χ1) is 20.3. The Morgan fingerprint density at radius 3 is 2.14 bits per heavy atom. The maximum atomic E-state index is 14.0.